The normalized spacial score (nSPS) is 19.7. The molecule has 2 atom stereocenters. The number of ether oxygens (including phenoxy) is 3. The van der Waals surface area contributed by atoms with Gasteiger partial charge in [0.1, 0.15) is 6.61 Å². The van der Waals surface area contributed by atoms with Crippen LogP contribution in [0, 0.1) is 11.6 Å². The first-order valence-electron chi connectivity index (χ1n) is 9.70. The van der Waals surface area contributed by atoms with Crippen molar-refractivity contribution < 1.29 is 23.0 Å². The van der Waals surface area contributed by atoms with E-state index in [0.717, 1.165) is 12.8 Å². The lowest BCUT2D eigenvalue weighted by Gasteiger charge is -2.29. The molecule has 0 aliphatic carbocycles. The minimum atomic E-state index is -1.03. The van der Waals surface area contributed by atoms with Gasteiger partial charge in [-0.2, -0.15) is 8.78 Å². The summed E-state index contributed by atoms with van der Waals surface area (Å²) in [6.07, 6.45) is 5.73. The van der Waals surface area contributed by atoms with E-state index in [4.69, 9.17) is 14.2 Å². The predicted octanol–water partition coefficient (Wildman–Crippen LogP) is 5.74. The molecule has 0 bridgehead atoms. The van der Waals surface area contributed by atoms with E-state index >= 15 is 0 Å². The van der Waals surface area contributed by atoms with Crippen molar-refractivity contribution >= 4 is 6.08 Å². The number of allylic oxidation sites excluding steroid dienone is 1. The second-order valence-electron chi connectivity index (χ2n) is 6.83. The van der Waals surface area contributed by atoms with Gasteiger partial charge in [0.15, 0.2) is 11.5 Å². The Labute approximate surface area is 164 Å². The summed E-state index contributed by atoms with van der Waals surface area (Å²) < 4.78 is 44.4. The van der Waals surface area contributed by atoms with E-state index in [2.05, 4.69) is 30.3 Å². The lowest BCUT2D eigenvalue weighted by molar-refractivity contribution is -0.0219. The molecule has 150 valence electrons. The third-order valence-corrected chi connectivity index (χ3v) is 4.87. The van der Waals surface area contributed by atoms with Gasteiger partial charge in [-0.15, -0.1) is 0 Å². The van der Waals surface area contributed by atoms with E-state index in [0.29, 0.717) is 12.5 Å². The zero-order valence-electron chi connectivity index (χ0n) is 16.3. The Balaban J connectivity index is 1.51. The average Bonchev–Trinajstić information content (AvgIpc) is 2.72. The highest BCUT2D eigenvalue weighted by atomic mass is 19.2. The molecule has 5 heteroatoms. The fourth-order valence-corrected chi connectivity index (χ4v) is 3.35. The van der Waals surface area contributed by atoms with Crippen LogP contribution in [-0.4, -0.2) is 25.9 Å². The van der Waals surface area contributed by atoms with Gasteiger partial charge in [-0.05, 0) is 49.9 Å². The highest BCUT2D eigenvalue weighted by molar-refractivity contribution is 5.49. The van der Waals surface area contributed by atoms with Gasteiger partial charge in [0.25, 0.3) is 0 Å². The molecule has 2 aromatic rings. The van der Waals surface area contributed by atoms with Crippen LogP contribution >= 0.6 is 0 Å². The van der Waals surface area contributed by atoms with E-state index < -0.39 is 11.6 Å². The second-order valence-corrected chi connectivity index (χ2v) is 6.83. The van der Waals surface area contributed by atoms with Crippen molar-refractivity contribution in [2.45, 2.75) is 38.7 Å². The van der Waals surface area contributed by atoms with E-state index in [1.807, 2.05) is 13.0 Å². The quantitative estimate of drug-likeness (QED) is 0.605. The van der Waals surface area contributed by atoms with Gasteiger partial charge in [0, 0.05) is 5.92 Å². The topological polar surface area (TPSA) is 27.7 Å². The van der Waals surface area contributed by atoms with Gasteiger partial charge in [0.2, 0.25) is 11.6 Å². The van der Waals surface area contributed by atoms with Crippen molar-refractivity contribution in [3.63, 3.8) is 0 Å². The van der Waals surface area contributed by atoms with Crippen molar-refractivity contribution in [2.24, 2.45) is 0 Å². The lowest BCUT2D eigenvalue weighted by Crippen LogP contribution is -2.29. The minimum Gasteiger partial charge on any atom is -0.491 e. The smallest absolute Gasteiger partial charge is 0.204 e. The highest BCUT2D eigenvalue weighted by Gasteiger charge is 2.24. The van der Waals surface area contributed by atoms with Crippen LogP contribution in [0.5, 0.6) is 11.5 Å². The molecular formula is C23H26F2O3. The van der Waals surface area contributed by atoms with Gasteiger partial charge in [-0.3, -0.25) is 0 Å². The molecule has 3 nitrogen and oxygen atoms in total. The van der Waals surface area contributed by atoms with Gasteiger partial charge in [0.05, 0.1) is 19.3 Å². The molecular weight excluding hydrogens is 362 g/mol. The fourth-order valence-electron chi connectivity index (χ4n) is 3.35. The molecule has 2 unspecified atom stereocenters. The first-order valence-corrected chi connectivity index (χ1v) is 9.70. The Morgan fingerprint density at radius 2 is 1.68 bits per heavy atom. The van der Waals surface area contributed by atoms with Gasteiger partial charge in [-0.25, -0.2) is 0 Å². The predicted molar refractivity (Wildman–Crippen MR) is 106 cm³/mol. The maximum Gasteiger partial charge on any atom is 0.204 e. The Bertz CT molecular complexity index is 794. The molecule has 28 heavy (non-hydrogen) atoms. The van der Waals surface area contributed by atoms with E-state index in [1.165, 1.54) is 23.3 Å². The summed E-state index contributed by atoms with van der Waals surface area (Å²) >= 11 is 0. The maximum atomic E-state index is 14.1. The Morgan fingerprint density at radius 3 is 2.25 bits per heavy atom. The molecule has 1 heterocycles. The fraction of sp³-hybridized carbons (Fsp3) is 0.391. The summed E-state index contributed by atoms with van der Waals surface area (Å²) in [5.41, 5.74) is 2.44. The number of rotatable bonds is 7. The molecule has 1 aliphatic rings. The van der Waals surface area contributed by atoms with Gasteiger partial charge in [-0.1, -0.05) is 36.4 Å². The summed E-state index contributed by atoms with van der Waals surface area (Å²) in [4.78, 5) is 0. The van der Waals surface area contributed by atoms with Crippen molar-refractivity contribution in [1.82, 2.24) is 0 Å². The Hall–Kier alpha value is -2.40. The van der Waals surface area contributed by atoms with E-state index in [1.54, 1.807) is 6.92 Å². The van der Waals surface area contributed by atoms with Crippen molar-refractivity contribution in [1.29, 1.82) is 0 Å². The summed E-state index contributed by atoms with van der Waals surface area (Å²) in [5.74, 6) is -1.93. The number of halogens is 2. The molecule has 0 saturated carbocycles. The van der Waals surface area contributed by atoms with Crippen LogP contribution in [0.25, 0.3) is 6.08 Å². The number of hydrogen-bond donors (Lipinski definition) is 0. The molecule has 0 radical (unpaired) electrons. The Kier molecular flexibility index (Phi) is 7.04. The van der Waals surface area contributed by atoms with Crippen LogP contribution in [0.15, 0.2) is 42.5 Å². The minimum absolute atomic E-state index is 0.107. The zero-order valence-corrected chi connectivity index (χ0v) is 16.3. The van der Waals surface area contributed by atoms with Crippen LogP contribution in [-0.2, 0) is 4.74 Å². The summed E-state index contributed by atoms with van der Waals surface area (Å²) in [6, 6.07) is 11.3. The molecule has 1 saturated heterocycles. The monoisotopic (exact) mass is 388 g/mol. The molecule has 0 spiro atoms. The summed E-state index contributed by atoms with van der Waals surface area (Å²) in [7, 11) is 0. The van der Waals surface area contributed by atoms with Crippen LogP contribution in [0.2, 0.25) is 0 Å². The third kappa shape index (κ3) is 4.90. The van der Waals surface area contributed by atoms with Gasteiger partial charge < -0.3 is 14.2 Å². The average molecular weight is 388 g/mol. The molecule has 0 amide bonds. The standard InChI is InChI=1S/C23H26F2O3/c1-3-5-16-6-8-17(9-7-16)18-10-11-19(27-14-18)15-28-21-13-12-20(26-4-2)22(24)23(21)25/h3,5-9,12-13,18-19H,4,10-11,14-15H2,1-2H3. The van der Waals surface area contributed by atoms with Crippen LogP contribution in [0.4, 0.5) is 8.78 Å². The molecule has 2 aromatic carbocycles. The molecule has 0 N–H and O–H groups in total. The van der Waals surface area contributed by atoms with Crippen LogP contribution in [0.3, 0.4) is 0 Å². The zero-order chi connectivity index (χ0) is 19.9. The molecule has 1 aliphatic heterocycles. The summed E-state index contributed by atoms with van der Waals surface area (Å²) in [6.45, 7) is 4.77. The van der Waals surface area contributed by atoms with E-state index in [9.17, 15) is 8.78 Å². The maximum absolute atomic E-state index is 14.1. The molecule has 0 aromatic heterocycles. The lowest BCUT2D eigenvalue weighted by atomic mass is 9.91. The van der Waals surface area contributed by atoms with Crippen LogP contribution in [0.1, 0.15) is 43.7 Å². The largest absolute Gasteiger partial charge is 0.491 e. The Morgan fingerprint density at radius 1 is 1.00 bits per heavy atom. The molecule has 1 fully saturated rings. The summed E-state index contributed by atoms with van der Waals surface area (Å²) in [5, 5.41) is 0. The SMILES string of the molecule is CC=Cc1ccc(C2CCC(COc3ccc(OCC)c(F)c3F)OC2)cc1. The van der Waals surface area contributed by atoms with E-state index in [-0.39, 0.29) is 30.8 Å². The highest BCUT2D eigenvalue weighted by Crippen LogP contribution is 2.31. The second kappa shape index (κ2) is 9.69. The van der Waals surface area contributed by atoms with Crippen LogP contribution < -0.4 is 9.47 Å². The first-order chi connectivity index (χ1) is 13.6. The van der Waals surface area contributed by atoms with Crippen molar-refractivity contribution in [3.05, 3.63) is 65.2 Å². The third-order valence-electron chi connectivity index (χ3n) is 4.87. The number of hydrogen-bond acceptors (Lipinski definition) is 3. The van der Waals surface area contributed by atoms with Crippen molar-refractivity contribution in [2.75, 3.05) is 19.8 Å². The van der Waals surface area contributed by atoms with Gasteiger partial charge >= 0.3 is 0 Å². The first kappa shape index (κ1) is 20.3. The molecule has 3 rings (SSSR count). The van der Waals surface area contributed by atoms with Crippen molar-refractivity contribution in [3.8, 4) is 11.5 Å². The number of benzene rings is 2.